The normalized spacial score (nSPS) is 11.3. The number of aromatic nitrogens is 4. The van der Waals surface area contributed by atoms with E-state index in [2.05, 4.69) is 15.1 Å². The van der Waals surface area contributed by atoms with E-state index in [1.165, 1.54) is 4.52 Å². The summed E-state index contributed by atoms with van der Waals surface area (Å²) in [5.74, 6) is 0.315. The molecule has 0 unspecified atom stereocenters. The summed E-state index contributed by atoms with van der Waals surface area (Å²) in [6.45, 7) is 5.73. The van der Waals surface area contributed by atoms with Crippen molar-refractivity contribution in [3.05, 3.63) is 64.0 Å². The Bertz CT molecular complexity index is 1120. The lowest BCUT2D eigenvalue weighted by molar-refractivity contribution is 0.570. The molecule has 0 fully saturated rings. The highest BCUT2D eigenvalue weighted by Gasteiger charge is 2.21. The predicted molar refractivity (Wildman–Crippen MR) is 95.6 cm³/mol. The number of rotatable bonds is 3. The van der Waals surface area contributed by atoms with Crippen molar-refractivity contribution >= 4 is 5.65 Å². The molecule has 6 heteroatoms. The fraction of sp³-hybridized carbons (Fsp3) is 0.211. The average Bonchev–Trinajstić information content (AvgIpc) is 3.20. The third-order valence-electron chi connectivity index (χ3n) is 4.33. The van der Waals surface area contributed by atoms with E-state index in [0.29, 0.717) is 22.8 Å². The van der Waals surface area contributed by atoms with Gasteiger partial charge < -0.3 is 4.42 Å². The molecule has 0 bridgehead atoms. The molecule has 126 valence electrons. The van der Waals surface area contributed by atoms with Gasteiger partial charge in [-0.3, -0.25) is 9.89 Å². The van der Waals surface area contributed by atoms with Gasteiger partial charge in [0.2, 0.25) is 5.89 Å². The maximum Gasteiger partial charge on any atom is 0.285 e. The Kier molecular flexibility index (Phi) is 3.53. The molecule has 0 amide bonds. The van der Waals surface area contributed by atoms with Crippen LogP contribution in [-0.2, 0) is 6.42 Å². The summed E-state index contributed by atoms with van der Waals surface area (Å²) in [6.07, 6.45) is 2.33. The lowest BCUT2D eigenvalue weighted by atomic mass is 10.1. The number of oxazole rings is 1. The van der Waals surface area contributed by atoms with Crippen molar-refractivity contribution in [3.63, 3.8) is 0 Å². The maximum atomic E-state index is 13.0. The van der Waals surface area contributed by atoms with Crippen LogP contribution in [-0.4, -0.2) is 19.6 Å². The van der Waals surface area contributed by atoms with E-state index in [1.54, 1.807) is 6.26 Å². The van der Waals surface area contributed by atoms with Crippen molar-refractivity contribution in [1.82, 2.24) is 19.6 Å². The average molecular weight is 334 g/mol. The monoisotopic (exact) mass is 334 g/mol. The van der Waals surface area contributed by atoms with Gasteiger partial charge in [0, 0.05) is 11.3 Å². The molecule has 0 aliphatic carbocycles. The molecule has 4 rings (SSSR count). The number of nitrogens with zero attached hydrogens (tertiary/aromatic N) is 3. The number of nitrogens with one attached hydrogen (secondary N) is 1. The molecule has 6 nitrogen and oxygen atoms in total. The number of aryl methyl sites for hydroxylation is 3. The second-order valence-corrected chi connectivity index (χ2v) is 6.01. The van der Waals surface area contributed by atoms with E-state index < -0.39 is 0 Å². The number of aromatic amines is 1. The molecular formula is C19H18N4O2. The molecule has 0 saturated heterocycles. The summed E-state index contributed by atoms with van der Waals surface area (Å²) in [7, 11) is 0. The summed E-state index contributed by atoms with van der Waals surface area (Å²) >= 11 is 0. The zero-order valence-electron chi connectivity index (χ0n) is 14.3. The van der Waals surface area contributed by atoms with Crippen LogP contribution in [0.25, 0.3) is 28.2 Å². The van der Waals surface area contributed by atoms with Gasteiger partial charge in [-0.15, -0.1) is 0 Å². The highest BCUT2D eigenvalue weighted by molar-refractivity contribution is 5.80. The van der Waals surface area contributed by atoms with Gasteiger partial charge in [-0.2, -0.15) is 0 Å². The molecule has 0 atom stereocenters. The number of benzene rings is 1. The molecule has 0 saturated carbocycles. The Labute approximate surface area is 144 Å². The fourth-order valence-corrected chi connectivity index (χ4v) is 3.07. The van der Waals surface area contributed by atoms with Crippen molar-refractivity contribution in [2.75, 3.05) is 0 Å². The largest absolute Gasteiger partial charge is 0.444 e. The van der Waals surface area contributed by atoms with Crippen molar-refractivity contribution in [3.8, 4) is 22.6 Å². The lowest BCUT2D eigenvalue weighted by Crippen LogP contribution is -2.19. The summed E-state index contributed by atoms with van der Waals surface area (Å²) in [5, 5.41) is 3.12. The zero-order chi connectivity index (χ0) is 17.6. The third kappa shape index (κ3) is 2.38. The van der Waals surface area contributed by atoms with Gasteiger partial charge in [-0.1, -0.05) is 37.3 Å². The Hall–Kier alpha value is -3.15. The minimum Gasteiger partial charge on any atom is -0.444 e. The molecule has 25 heavy (non-hydrogen) atoms. The standard InChI is InChI=1S/C19H18N4O2/c1-4-14-10-25-18(21-14)16-11(2)20-17-15(13-8-6-5-7-9-13)12(3)22-23(17)19(16)24/h5-10,22H,4H2,1-3H3. The first-order chi connectivity index (χ1) is 12.1. The summed E-state index contributed by atoms with van der Waals surface area (Å²) in [4.78, 5) is 22.1. The Balaban J connectivity index is 2.00. The van der Waals surface area contributed by atoms with Gasteiger partial charge in [0.25, 0.3) is 5.56 Å². The first-order valence-corrected chi connectivity index (χ1v) is 8.22. The van der Waals surface area contributed by atoms with E-state index in [9.17, 15) is 4.79 Å². The van der Waals surface area contributed by atoms with Crippen LogP contribution in [0.5, 0.6) is 0 Å². The second kappa shape index (κ2) is 5.73. The van der Waals surface area contributed by atoms with Crippen molar-refractivity contribution < 1.29 is 4.42 Å². The highest BCUT2D eigenvalue weighted by atomic mass is 16.3. The summed E-state index contributed by atoms with van der Waals surface area (Å²) in [6, 6.07) is 9.91. The summed E-state index contributed by atoms with van der Waals surface area (Å²) in [5.41, 5.74) is 5.02. The number of hydrogen-bond acceptors (Lipinski definition) is 4. The second-order valence-electron chi connectivity index (χ2n) is 6.01. The van der Waals surface area contributed by atoms with E-state index >= 15 is 0 Å². The van der Waals surface area contributed by atoms with Gasteiger partial charge in [0.1, 0.15) is 11.8 Å². The van der Waals surface area contributed by atoms with Gasteiger partial charge in [-0.25, -0.2) is 14.5 Å². The van der Waals surface area contributed by atoms with Crippen LogP contribution >= 0.6 is 0 Å². The van der Waals surface area contributed by atoms with Crippen molar-refractivity contribution in [2.45, 2.75) is 27.2 Å². The third-order valence-corrected chi connectivity index (χ3v) is 4.33. The van der Waals surface area contributed by atoms with Gasteiger partial charge >= 0.3 is 0 Å². The predicted octanol–water partition coefficient (Wildman–Crippen LogP) is 3.52. The molecule has 0 spiro atoms. The van der Waals surface area contributed by atoms with Crippen LogP contribution in [0.15, 0.2) is 45.8 Å². The minimum atomic E-state index is -0.211. The molecular weight excluding hydrogens is 316 g/mol. The molecule has 3 heterocycles. The van der Waals surface area contributed by atoms with Crippen LogP contribution in [0.1, 0.15) is 24.0 Å². The quantitative estimate of drug-likeness (QED) is 0.622. The smallest absolute Gasteiger partial charge is 0.285 e. The minimum absolute atomic E-state index is 0.211. The topological polar surface area (TPSA) is 76.2 Å². The van der Waals surface area contributed by atoms with Crippen LogP contribution in [0, 0.1) is 13.8 Å². The van der Waals surface area contributed by atoms with Crippen molar-refractivity contribution in [1.29, 1.82) is 0 Å². The molecule has 0 radical (unpaired) electrons. The van der Waals surface area contributed by atoms with Crippen molar-refractivity contribution in [2.24, 2.45) is 0 Å². The van der Waals surface area contributed by atoms with Gasteiger partial charge in [0.05, 0.1) is 11.4 Å². The zero-order valence-corrected chi connectivity index (χ0v) is 14.3. The van der Waals surface area contributed by atoms with Crippen LogP contribution in [0.2, 0.25) is 0 Å². The van der Waals surface area contributed by atoms with Crippen LogP contribution < -0.4 is 5.56 Å². The number of H-pyrrole nitrogens is 1. The van der Waals surface area contributed by atoms with E-state index in [0.717, 1.165) is 28.9 Å². The molecule has 0 aliphatic rings. The van der Waals surface area contributed by atoms with Crippen LogP contribution in [0.4, 0.5) is 0 Å². The Morgan fingerprint density at radius 1 is 1.12 bits per heavy atom. The SMILES string of the molecule is CCc1coc(-c2c(C)nc3c(-c4ccccc4)c(C)[nH]n3c2=O)n1. The van der Waals surface area contributed by atoms with E-state index in [-0.39, 0.29) is 5.56 Å². The van der Waals surface area contributed by atoms with Crippen LogP contribution in [0.3, 0.4) is 0 Å². The van der Waals surface area contributed by atoms with Gasteiger partial charge in [-0.05, 0) is 25.8 Å². The number of hydrogen-bond donors (Lipinski definition) is 1. The van der Waals surface area contributed by atoms with Gasteiger partial charge in [0.15, 0.2) is 5.65 Å². The lowest BCUT2D eigenvalue weighted by Gasteiger charge is -2.04. The molecule has 1 aromatic carbocycles. The molecule has 4 aromatic rings. The Morgan fingerprint density at radius 3 is 2.56 bits per heavy atom. The first-order valence-electron chi connectivity index (χ1n) is 8.22. The molecule has 1 N–H and O–H groups in total. The molecule has 3 aromatic heterocycles. The van der Waals surface area contributed by atoms with E-state index in [4.69, 9.17) is 4.42 Å². The highest BCUT2D eigenvalue weighted by Crippen LogP contribution is 2.28. The Morgan fingerprint density at radius 2 is 1.88 bits per heavy atom. The maximum absolute atomic E-state index is 13.0. The summed E-state index contributed by atoms with van der Waals surface area (Å²) < 4.78 is 6.96. The fourth-order valence-electron chi connectivity index (χ4n) is 3.07. The number of fused-ring (bicyclic) bond motifs is 1. The van der Waals surface area contributed by atoms with E-state index in [1.807, 2.05) is 51.1 Å². The molecule has 0 aliphatic heterocycles. The first kappa shape index (κ1) is 15.4.